The number of carbonyl (C=O) groups excluding carboxylic acids is 3. The number of hydrogen-bond donors (Lipinski definition) is 0. The molecular weight excluding hydrogens is 364 g/mol. The standard InChI is InChI=1S/C19H14N4O3S/c1-11(24)23-13-8-4-3-7-12(13)15(17(23)25)16-18(26)22(2)19(27-16)21-14-9-5-6-10-20-14/h3-10H,1-2H3/b16-15-,21-19+. The number of aliphatic imine (C=N–C) groups is 1. The van der Waals surface area contributed by atoms with E-state index >= 15 is 0 Å². The molecule has 27 heavy (non-hydrogen) atoms. The monoisotopic (exact) mass is 378 g/mol. The molecule has 0 radical (unpaired) electrons. The zero-order valence-electron chi connectivity index (χ0n) is 14.5. The first kappa shape index (κ1) is 17.2. The number of amides is 3. The van der Waals surface area contributed by atoms with E-state index in [4.69, 9.17) is 0 Å². The molecule has 0 saturated carbocycles. The Kier molecular flexibility index (Phi) is 4.12. The van der Waals surface area contributed by atoms with Gasteiger partial charge in [-0.1, -0.05) is 24.3 Å². The van der Waals surface area contributed by atoms with E-state index in [0.717, 1.165) is 16.7 Å². The summed E-state index contributed by atoms with van der Waals surface area (Å²) in [5.41, 5.74) is 1.29. The van der Waals surface area contributed by atoms with Gasteiger partial charge in [-0.05, 0) is 30.0 Å². The lowest BCUT2D eigenvalue weighted by Crippen LogP contribution is -2.31. The number of thioether (sulfide) groups is 1. The summed E-state index contributed by atoms with van der Waals surface area (Å²) in [7, 11) is 1.60. The number of amidine groups is 1. The first-order chi connectivity index (χ1) is 13.0. The average molecular weight is 378 g/mol. The largest absolute Gasteiger partial charge is 0.289 e. The van der Waals surface area contributed by atoms with Gasteiger partial charge in [-0.3, -0.25) is 19.3 Å². The number of likely N-dealkylation sites (N-methyl/N-ethyl adjacent to an activating group) is 1. The number of pyridine rings is 1. The Morgan fingerprint density at radius 1 is 1.07 bits per heavy atom. The normalized spacial score (nSPS) is 20.6. The van der Waals surface area contributed by atoms with Gasteiger partial charge in [0.1, 0.15) is 0 Å². The first-order valence-electron chi connectivity index (χ1n) is 8.13. The minimum Gasteiger partial charge on any atom is -0.289 e. The number of carbonyl (C=O) groups is 3. The highest BCUT2D eigenvalue weighted by atomic mass is 32.2. The Bertz CT molecular complexity index is 1050. The Balaban J connectivity index is 1.84. The smallest absolute Gasteiger partial charge is 0.267 e. The van der Waals surface area contributed by atoms with Gasteiger partial charge < -0.3 is 0 Å². The molecule has 7 nitrogen and oxygen atoms in total. The summed E-state index contributed by atoms with van der Waals surface area (Å²) < 4.78 is 0. The van der Waals surface area contributed by atoms with E-state index in [0.29, 0.717) is 22.2 Å². The van der Waals surface area contributed by atoms with Crippen LogP contribution in [0.1, 0.15) is 12.5 Å². The van der Waals surface area contributed by atoms with Crippen molar-refractivity contribution >= 4 is 51.7 Å². The molecule has 1 fully saturated rings. The fraction of sp³-hybridized carbons (Fsp3) is 0.105. The number of benzene rings is 1. The third-order valence-corrected chi connectivity index (χ3v) is 5.34. The number of anilines is 1. The van der Waals surface area contributed by atoms with Crippen LogP contribution in [0.4, 0.5) is 11.5 Å². The van der Waals surface area contributed by atoms with Gasteiger partial charge in [-0.25, -0.2) is 14.9 Å². The van der Waals surface area contributed by atoms with E-state index in [-0.39, 0.29) is 16.4 Å². The zero-order chi connectivity index (χ0) is 19.1. The Morgan fingerprint density at radius 2 is 1.81 bits per heavy atom. The highest BCUT2D eigenvalue weighted by molar-refractivity contribution is 8.18. The summed E-state index contributed by atoms with van der Waals surface area (Å²) in [6.45, 7) is 1.33. The summed E-state index contributed by atoms with van der Waals surface area (Å²) in [4.78, 5) is 49.0. The molecule has 8 heteroatoms. The number of nitrogens with zero attached hydrogens (tertiary/aromatic N) is 4. The Hall–Kier alpha value is -3.26. The second-order valence-electron chi connectivity index (χ2n) is 5.93. The van der Waals surface area contributed by atoms with Gasteiger partial charge in [0.15, 0.2) is 11.0 Å². The number of hydrogen-bond acceptors (Lipinski definition) is 6. The van der Waals surface area contributed by atoms with Crippen LogP contribution in [0, 0.1) is 0 Å². The third-order valence-electron chi connectivity index (χ3n) is 4.21. The fourth-order valence-corrected chi connectivity index (χ4v) is 4.03. The van der Waals surface area contributed by atoms with E-state index < -0.39 is 11.8 Å². The Labute approximate surface area is 159 Å². The number of aromatic nitrogens is 1. The van der Waals surface area contributed by atoms with Crippen molar-refractivity contribution in [1.29, 1.82) is 0 Å². The molecule has 0 spiro atoms. The van der Waals surface area contributed by atoms with Gasteiger partial charge >= 0.3 is 0 Å². The second-order valence-corrected chi connectivity index (χ2v) is 6.91. The molecule has 0 N–H and O–H groups in total. The zero-order valence-corrected chi connectivity index (χ0v) is 15.4. The first-order valence-corrected chi connectivity index (χ1v) is 8.95. The molecule has 2 aliphatic rings. The molecule has 1 saturated heterocycles. The second kappa shape index (κ2) is 6.48. The molecule has 3 heterocycles. The van der Waals surface area contributed by atoms with Crippen molar-refractivity contribution in [3.8, 4) is 0 Å². The lowest BCUT2D eigenvalue weighted by Gasteiger charge is -2.11. The third kappa shape index (κ3) is 2.74. The SMILES string of the molecule is CC(=O)N1C(=O)/C(=C2\S/C(=N/c3ccccn3)N(C)C2=O)c2ccccc21. The Morgan fingerprint density at radius 3 is 2.52 bits per heavy atom. The number of fused-ring (bicyclic) bond motifs is 1. The molecule has 0 bridgehead atoms. The van der Waals surface area contributed by atoms with Gasteiger partial charge in [0, 0.05) is 25.7 Å². The number of para-hydroxylation sites is 1. The van der Waals surface area contributed by atoms with Crippen molar-refractivity contribution < 1.29 is 14.4 Å². The van der Waals surface area contributed by atoms with Crippen molar-refractivity contribution in [2.75, 3.05) is 11.9 Å². The van der Waals surface area contributed by atoms with Gasteiger partial charge in [-0.2, -0.15) is 0 Å². The topological polar surface area (TPSA) is 82.9 Å². The minimum atomic E-state index is -0.493. The maximum atomic E-state index is 12.9. The summed E-state index contributed by atoms with van der Waals surface area (Å²) in [6.07, 6.45) is 1.61. The van der Waals surface area contributed by atoms with Crippen molar-refractivity contribution in [2.45, 2.75) is 6.92 Å². The van der Waals surface area contributed by atoms with Gasteiger partial charge in [0.05, 0.1) is 16.2 Å². The van der Waals surface area contributed by atoms with Crippen LogP contribution in [0.15, 0.2) is 58.6 Å². The van der Waals surface area contributed by atoms with E-state index in [1.807, 2.05) is 0 Å². The average Bonchev–Trinajstić information content (AvgIpc) is 3.10. The molecule has 134 valence electrons. The van der Waals surface area contributed by atoms with Crippen LogP contribution < -0.4 is 4.90 Å². The molecule has 1 aromatic heterocycles. The maximum Gasteiger partial charge on any atom is 0.267 e. The van der Waals surface area contributed by atoms with Gasteiger partial charge in [0.2, 0.25) is 5.91 Å². The van der Waals surface area contributed by atoms with Crippen LogP contribution in [0.3, 0.4) is 0 Å². The van der Waals surface area contributed by atoms with E-state index in [1.165, 1.54) is 11.8 Å². The molecule has 0 atom stereocenters. The van der Waals surface area contributed by atoms with Crippen LogP contribution in [-0.4, -0.2) is 39.8 Å². The molecule has 0 aliphatic carbocycles. The highest BCUT2D eigenvalue weighted by Gasteiger charge is 2.42. The molecular formula is C19H14N4O3S. The van der Waals surface area contributed by atoms with Gasteiger partial charge in [0.25, 0.3) is 11.8 Å². The van der Waals surface area contributed by atoms with Crippen LogP contribution in [0.5, 0.6) is 0 Å². The predicted octanol–water partition coefficient (Wildman–Crippen LogP) is 2.58. The van der Waals surface area contributed by atoms with Crippen molar-refractivity contribution in [1.82, 2.24) is 9.88 Å². The maximum absolute atomic E-state index is 12.9. The lowest BCUT2D eigenvalue weighted by atomic mass is 10.1. The van der Waals surface area contributed by atoms with Crippen LogP contribution in [0.25, 0.3) is 5.57 Å². The van der Waals surface area contributed by atoms with Crippen molar-refractivity contribution in [3.05, 3.63) is 59.1 Å². The summed E-state index contributed by atoms with van der Waals surface area (Å²) in [6, 6.07) is 12.3. The molecule has 0 unspecified atom stereocenters. The highest BCUT2D eigenvalue weighted by Crippen LogP contribution is 2.44. The van der Waals surface area contributed by atoms with E-state index in [9.17, 15) is 14.4 Å². The predicted molar refractivity (Wildman–Crippen MR) is 103 cm³/mol. The van der Waals surface area contributed by atoms with Crippen LogP contribution in [-0.2, 0) is 14.4 Å². The number of rotatable bonds is 1. The quantitative estimate of drug-likeness (QED) is 0.712. The van der Waals surface area contributed by atoms with Crippen molar-refractivity contribution in [3.63, 3.8) is 0 Å². The molecule has 2 aliphatic heterocycles. The molecule has 4 rings (SSSR count). The minimum absolute atomic E-state index is 0.230. The molecule has 3 amide bonds. The lowest BCUT2D eigenvalue weighted by molar-refractivity contribution is -0.123. The van der Waals surface area contributed by atoms with Crippen LogP contribution >= 0.6 is 11.8 Å². The summed E-state index contributed by atoms with van der Waals surface area (Å²) >= 11 is 1.11. The fourth-order valence-electron chi connectivity index (χ4n) is 2.96. The summed E-state index contributed by atoms with van der Waals surface area (Å²) in [5, 5.41) is 0.424. The summed E-state index contributed by atoms with van der Waals surface area (Å²) in [5.74, 6) is -0.756. The van der Waals surface area contributed by atoms with E-state index in [1.54, 1.807) is 55.7 Å². The van der Waals surface area contributed by atoms with Gasteiger partial charge in [-0.15, -0.1) is 0 Å². The van der Waals surface area contributed by atoms with E-state index in [2.05, 4.69) is 9.98 Å². The molecule has 2 aromatic rings. The van der Waals surface area contributed by atoms with Crippen LogP contribution in [0.2, 0.25) is 0 Å². The number of imide groups is 1. The van der Waals surface area contributed by atoms with Crippen molar-refractivity contribution in [2.24, 2.45) is 4.99 Å². The molecule has 1 aromatic carbocycles.